The molecule has 0 unspecified atom stereocenters. The van der Waals surface area contributed by atoms with Crippen molar-refractivity contribution in [1.82, 2.24) is 0 Å². The van der Waals surface area contributed by atoms with Gasteiger partial charge in [-0.2, -0.15) is 23.3 Å². The van der Waals surface area contributed by atoms with Crippen LogP contribution in [0.15, 0.2) is 80.7 Å². The zero-order chi connectivity index (χ0) is 27.7. The molecule has 2 heterocycles. The summed E-state index contributed by atoms with van der Waals surface area (Å²) in [5, 5.41) is 8.98. The maximum atomic E-state index is 13.8. The van der Waals surface area contributed by atoms with E-state index in [4.69, 9.17) is 14.3 Å². The van der Waals surface area contributed by atoms with Gasteiger partial charge in [-0.05, 0) is 61.0 Å². The number of sulfonamides is 1. The van der Waals surface area contributed by atoms with Gasteiger partial charge in [0.2, 0.25) is 10.0 Å². The first-order valence-electron chi connectivity index (χ1n) is 11.1. The van der Waals surface area contributed by atoms with Crippen molar-refractivity contribution in [2.75, 3.05) is 11.6 Å². The van der Waals surface area contributed by atoms with Crippen LogP contribution in [0.25, 0.3) is 17.4 Å². The number of carbonyl (C=O) groups is 2. The lowest BCUT2D eigenvalue weighted by Gasteiger charge is -2.11. The molecule has 4 rings (SSSR count). The number of hydrazone groups is 1. The van der Waals surface area contributed by atoms with Crippen molar-refractivity contribution in [3.63, 3.8) is 0 Å². The largest absolute Gasteiger partial charge is 0.462 e. The first-order valence-corrected chi connectivity index (χ1v) is 12.7. The zero-order valence-electron chi connectivity index (χ0n) is 19.7. The predicted octanol–water partition coefficient (Wildman–Crippen LogP) is 4.51. The van der Waals surface area contributed by atoms with E-state index in [1.165, 1.54) is 18.2 Å². The number of anilines is 1. The van der Waals surface area contributed by atoms with Crippen LogP contribution in [0.5, 0.6) is 0 Å². The van der Waals surface area contributed by atoms with Crippen LogP contribution >= 0.6 is 0 Å². The molecule has 0 aliphatic carbocycles. The number of primary sulfonamides is 1. The minimum Gasteiger partial charge on any atom is -0.462 e. The van der Waals surface area contributed by atoms with Gasteiger partial charge in [0.05, 0.1) is 28.3 Å². The number of hydrogen-bond donors (Lipinski definition) is 1. The van der Waals surface area contributed by atoms with Gasteiger partial charge in [-0.25, -0.2) is 18.4 Å². The van der Waals surface area contributed by atoms with Gasteiger partial charge in [-0.1, -0.05) is 19.1 Å². The highest BCUT2D eigenvalue weighted by atomic mass is 32.2. The Hall–Kier alpha value is -4.23. The van der Waals surface area contributed by atoms with Gasteiger partial charge in [0.25, 0.3) is 5.91 Å². The van der Waals surface area contributed by atoms with Gasteiger partial charge in [0.15, 0.2) is 5.71 Å². The van der Waals surface area contributed by atoms with E-state index in [1.807, 2.05) is 6.92 Å². The van der Waals surface area contributed by atoms with Crippen LogP contribution in [0.4, 0.5) is 18.9 Å². The Bertz CT molecular complexity index is 1560. The average Bonchev–Trinajstić information content (AvgIpc) is 3.47. The molecule has 13 heteroatoms. The summed E-state index contributed by atoms with van der Waals surface area (Å²) in [6, 6.07) is 13.5. The molecule has 0 saturated carbocycles. The molecule has 198 valence electrons. The Morgan fingerprint density at radius 3 is 2.47 bits per heavy atom. The smallest absolute Gasteiger partial charge is 0.435 e. The molecular formula is C25H20F3N3O6S. The van der Waals surface area contributed by atoms with Crippen LogP contribution in [-0.4, -0.2) is 38.8 Å². The van der Waals surface area contributed by atoms with E-state index < -0.39 is 39.4 Å². The van der Waals surface area contributed by atoms with Crippen LogP contribution in [0, 0.1) is 0 Å². The maximum Gasteiger partial charge on any atom is 0.435 e. The second kappa shape index (κ2) is 10.3. The molecule has 1 aromatic heterocycles. The Labute approximate surface area is 215 Å². The fourth-order valence-electron chi connectivity index (χ4n) is 3.51. The number of furan rings is 1. The third kappa shape index (κ3) is 5.68. The number of hydrogen-bond acceptors (Lipinski definition) is 7. The van der Waals surface area contributed by atoms with Crippen molar-refractivity contribution in [3.8, 4) is 11.3 Å². The van der Waals surface area contributed by atoms with Crippen LogP contribution in [0.1, 0.15) is 29.5 Å². The van der Waals surface area contributed by atoms with Gasteiger partial charge in [0, 0.05) is 5.56 Å². The van der Waals surface area contributed by atoms with E-state index in [1.54, 1.807) is 18.2 Å². The Morgan fingerprint density at radius 2 is 1.84 bits per heavy atom. The normalized spacial score (nSPS) is 15.2. The predicted molar refractivity (Wildman–Crippen MR) is 131 cm³/mol. The van der Waals surface area contributed by atoms with Gasteiger partial charge < -0.3 is 9.15 Å². The number of nitrogens with zero attached hydrogens (tertiary/aromatic N) is 2. The first kappa shape index (κ1) is 26.8. The van der Waals surface area contributed by atoms with Crippen molar-refractivity contribution in [3.05, 3.63) is 77.6 Å². The van der Waals surface area contributed by atoms with Gasteiger partial charge >= 0.3 is 12.1 Å². The van der Waals surface area contributed by atoms with E-state index in [-0.39, 0.29) is 34.3 Å². The average molecular weight is 548 g/mol. The lowest BCUT2D eigenvalue weighted by atomic mass is 10.1. The number of halogens is 3. The van der Waals surface area contributed by atoms with Crippen molar-refractivity contribution in [2.45, 2.75) is 24.4 Å². The van der Waals surface area contributed by atoms with Crippen molar-refractivity contribution in [1.29, 1.82) is 0 Å². The molecule has 38 heavy (non-hydrogen) atoms. The van der Waals surface area contributed by atoms with E-state index >= 15 is 0 Å². The number of rotatable bonds is 7. The van der Waals surface area contributed by atoms with Crippen LogP contribution in [0.2, 0.25) is 0 Å². The highest BCUT2D eigenvalue weighted by Gasteiger charge is 2.47. The number of nitrogens with two attached hydrogens (primary N) is 1. The molecule has 0 atom stereocenters. The summed E-state index contributed by atoms with van der Waals surface area (Å²) in [7, 11) is -4.04. The Kier molecular flexibility index (Phi) is 7.24. The molecule has 3 aromatic rings. The highest BCUT2D eigenvalue weighted by molar-refractivity contribution is 7.89. The second-order valence-corrected chi connectivity index (χ2v) is 9.64. The Balaban J connectivity index is 1.65. The summed E-state index contributed by atoms with van der Waals surface area (Å²) in [6.07, 6.45) is -3.41. The molecule has 0 radical (unpaired) electrons. The molecule has 0 bridgehead atoms. The van der Waals surface area contributed by atoms with Crippen LogP contribution < -0.4 is 10.1 Å². The molecule has 9 nitrogen and oxygen atoms in total. The summed E-state index contributed by atoms with van der Waals surface area (Å²) >= 11 is 0. The standard InChI is InChI=1S/C25H20F3N3O6S/c1-2-12-36-24(33)16-5-3-4-15(13-16)21-11-8-18(37-21)14-20-22(25(26,27)28)30-31(23(20)32)17-6-9-19(10-7-17)38(29,34)35/h3-11,13-14H,2,12H2,1H3,(H2,29,34,35). The molecule has 0 spiro atoms. The molecule has 2 aromatic carbocycles. The number of carbonyl (C=O) groups excluding carboxylic acids is 2. The lowest BCUT2D eigenvalue weighted by molar-refractivity contribution is -0.114. The zero-order valence-corrected chi connectivity index (χ0v) is 20.5. The number of esters is 1. The molecule has 0 fully saturated rings. The molecule has 1 aliphatic rings. The van der Waals surface area contributed by atoms with Crippen molar-refractivity contribution < 1.29 is 40.3 Å². The van der Waals surface area contributed by atoms with Crippen LogP contribution in [-0.2, 0) is 19.6 Å². The van der Waals surface area contributed by atoms with Gasteiger partial charge in [-0.15, -0.1) is 0 Å². The third-order valence-electron chi connectivity index (χ3n) is 5.29. The second-order valence-electron chi connectivity index (χ2n) is 8.08. The lowest BCUT2D eigenvalue weighted by Crippen LogP contribution is -2.25. The molecule has 2 N–H and O–H groups in total. The molecular weight excluding hydrogens is 527 g/mol. The molecule has 0 saturated heterocycles. The maximum absolute atomic E-state index is 13.8. The first-order chi connectivity index (χ1) is 17.9. The summed E-state index contributed by atoms with van der Waals surface area (Å²) in [5.41, 5.74) is -1.57. The summed E-state index contributed by atoms with van der Waals surface area (Å²) < 4.78 is 74.9. The SMILES string of the molecule is CCCOC(=O)c1cccc(-c2ccc(C=C3C(=O)N(c4ccc(S(N)(=O)=O)cc4)N=C3C(F)(F)F)o2)c1. The minimum absolute atomic E-state index is 0.0642. The number of ether oxygens (including phenoxy) is 1. The van der Waals surface area contributed by atoms with E-state index in [2.05, 4.69) is 5.10 Å². The van der Waals surface area contributed by atoms with Crippen molar-refractivity contribution >= 4 is 39.4 Å². The van der Waals surface area contributed by atoms with E-state index in [9.17, 15) is 31.2 Å². The van der Waals surface area contributed by atoms with E-state index in [0.29, 0.717) is 17.0 Å². The number of benzene rings is 2. The van der Waals surface area contributed by atoms with Gasteiger partial charge in [-0.3, -0.25) is 4.79 Å². The quantitative estimate of drug-likeness (QED) is 0.342. The highest BCUT2D eigenvalue weighted by Crippen LogP contribution is 2.34. The fourth-order valence-corrected chi connectivity index (χ4v) is 4.03. The van der Waals surface area contributed by atoms with E-state index in [0.717, 1.165) is 30.3 Å². The fraction of sp³-hybridized carbons (Fsp3) is 0.160. The summed E-state index contributed by atoms with van der Waals surface area (Å²) in [4.78, 5) is 24.8. The summed E-state index contributed by atoms with van der Waals surface area (Å²) in [5.74, 6) is -1.44. The number of amides is 1. The van der Waals surface area contributed by atoms with Crippen molar-refractivity contribution in [2.24, 2.45) is 10.2 Å². The Morgan fingerprint density at radius 1 is 1.13 bits per heavy atom. The number of alkyl halides is 3. The third-order valence-corrected chi connectivity index (χ3v) is 6.22. The summed E-state index contributed by atoms with van der Waals surface area (Å²) in [6.45, 7) is 2.11. The molecule has 1 aliphatic heterocycles. The van der Waals surface area contributed by atoms with Crippen LogP contribution in [0.3, 0.4) is 0 Å². The minimum atomic E-state index is -4.97. The topological polar surface area (TPSA) is 132 Å². The molecule has 1 amide bonds. The van der Waals surface area contributed by atoms with Gasteiger partial charge in [0.1, 0.15) is 11.5 Å². The monoisotopic (exact) mass is 547 g/mol.